The molecule has 11 heteroatoms. The molecule has 39 heavy (non-hydrogen) atoms. The van der Waals surface area contributed by atoms with E-state index >= 15 is 0 Å². The molecule has 1 aromatic carbocycles. The van der Waals surface area contributed by atoms with Gasteiger partial charge in [0, 0.05) is 35.1 Å². The zero-order valence-corrected chi connectivity index (χ0v) is 23.3. The topological polar surface area (TPSA) is 114 Å². The third-order valence-corrected chi connectivity index (χ3v) is 6.88. The molecule has 5 rings (SSSR count). The Labute approximate surface area is 231 Å². The van der Waals surface area contributed by atoms with E-state index in [1.165, 1.54) is 12.3 Å². The number of anilines is 2. The quantitative estimate of drug-likeness (QED) is 0.250. The van der Waals surface area contributed by atoms with Crippen LogP contribution >= 0.6 is 11.6 Å². The summed E-state index contributed by atoms with van der Waals surface area (Å²) in [6.45, 7) is 8.72. The highest BCUT2D eigenvalue weighted by molar-refractivity contribution is 6.35. The van der Waals surface area contributed by atoms with E-state index in [1.807, 2.05) is 6.07 Å². The number of aromatic nitrogens is 5. The molecule has 1 saturated carbocycles. The van der Waals surface area contributed by atoms with Crippen molar-refractivity contribution < 1.29 is 9.13 Å². The molecule has 0 bridgehead atoms. The van der Waals surface area contributed by atoms with Crippen LogP contribution in [0.3, 0.4) is 0 Å². The first-order valence-electron chi connectivity index (χ1n) is 12.7. The second kappa shape index (κ2) is 10.3. The summed E-state index contributed by atoms with van der Waals surface area (Å²) in [4.78, 5) is 8.49. The third-order valence-electron chi connectivity index (χ3n) is 6.59. The first kappa shape index (κ1) is 26.6. The molecule has 4 aromatic rings. The predicted molar refractivity (Wildman–Crippen MR) is 149 cm³/mol. The highest BCUT2D eigenvalue weighted by Crippen LogP contribution is 2.42. The van der Waals surface area contributed by atoms with Crippen LogP contribution in [0.1, 0.15) is 68.2 Å². The molecule has 202 valence electrons. The van der Waals surface area contributed by atoms with Gasteiger partial charge in [-0.25, -0.2) is 9.67 Å². The summed E-state index contributed by atoms with van der Waals surface area (Å²) in [6.07, 6.45) is 3.55. The second-order valence-corrected chi connectivity index (χ2v) is 11.4. The van der Waals surface area contributed by atoms with Gasteiger partial charge in [-0.2, -0.15) is 9.65 Å². The van der Waals surface area contributed by atoms with E-state index < -0.39 is 12.0 Å². The summed E-state index contributed by atoms with van der Waals surface area (Å²) in [7, 11) is 1.59. The Kier molecular flexibility index (Phi) is 7.03. The minimum atomic E-state index is -0.577. The molecule has 1 aliphatic rings. The molecular formula is C28H30ClFN8O. The van der Waals surface area contributed by atoms with Crippen LogP contribution in [-0.2, 0) is 0 Å². The molecule has 9 nitrogen and oxygen atoms in total. The van der Waals surface area contributed by atoms with E-state index in [0.717, 1.165) is 12.8 Å². The van der Waals surface area contributed by atoms with E-state index in [2.05, 4.69) is 57.8 Å². The lowest BCUT2D eigenvalue weighted by atomic mass is 9.96. The van der Waals surface area contributed by atoms with Gasteiger partial charge in [-0.05, 0) is 43.4 Å². The number of nitriles is 1. The minimum Gasteiger partial charge on any atom is -0.480 e. The van der Waals surface area contributed by atoms with Crippen molar-refractivity contribution in [3.8, 4) is 11.9 Å². The number of halogens is 2. The molecule has 3 aromatic heterocycles. The van der Waals surface area contributed by atoms with Crippen molar-refractivity contribution in [3.05, 3.63) is 63.9 Å². The van der Waals surface area contributed by atoms with Gasteiger partial charge in [-0.1, -0.05) is 43.7 Å². The fourth-order valence-corrected chi connectivity index (χ4v) is 4.78. The Hall–Kier alpha value is -3.97. The van der Waals surface area contributed by atoms with Gasteiger partial charge >= 0.3 is 0 Å². The van der Waals surface area contributed by atoms with Gasteiger partial charge in [0.15, 0.2) is 5.69 Å². The Morgan fingerprint density at radius 1 is 1.28 bits per heavy atom. The normalized spacial score (nSPS) is 14.2. The Morgan fingerprint density at radius 2 is 2.05 bits per heavy atom. The molecule has 1 unspecified atom stereocenters. The molecule has 1 atom stereocenters. The summed E-state index contributed by atoms with van der Waals surface area (Å²) in [5, 5.41) is 26.7. The predicted octanol–water partition coefficient (Wildman–Crippen LogP) is 6.20. The van der Waals surface area contributed by atoms with Crippen molar-refractivity contribution in [2.24, 2.45) is 5.41 Å². The van der Waals surface area contributed by atoms with Gasteiger partial charge in [0.2, 0.25) is 11.8 Å². The van der Waals surface area contributed by atoms with Crippen molar-refractivity contribution in [1.29, 1.82) is 5.26 Å². The van der Waals surface area contributed by atoms with Crippen molar-refractivity contribution >= 4 is 33.9 Å². The first-order chi connectivity index (χ1) is 18.6. The Bertz CT molecular complexity index is 1590. The summed E-state index contributed by atoms with van der Waals surface area (Å²) in [5.74, 6) is -0.0337. The number of rotatable bonds is 8. The van der Waals surface area contributed by atoms with E-state index in [1.54, 1.807) is 30.8 Å². The average molecular weight is 549 g/mol. The molecule has 0 spiro atoms. The highest BCUT2D eigenvalue weighted by atomic mass is 35.5. The SMILES string of the molecule is COc1c(C(Nc2cc(Cl)c3ncc(C#N)c(NCC(C)(C)C)c3c2)c2ccc(F)nc2C)nnn1C1CC1. The number of nitrogens with zero attached hydrogens (tertiary/aromatic N) is 6. The average Bonchev–Trinajstić information content (AvgIpc) is 3.64. The van der Waals surface area contributed by atoms with Crippen LogP contribution in [0.2, 0.25) is 5.02 Å². The molecule has 0 aliphatic heterocycles. The smallest absolute Gasteiger partial charge is 0.238 e. The van der Waals surface area contributed by atoms with Crippen LogP contribution in [0.4, 0.5) is 15.8 Å². The van der Waals surface area contributed by atoms with Crippen LogP contribution in [0.25, 0.3) is 10.9 Å². The number of benzene rings is 1. The number of methoxy groups -OCH3 is 1. The summed E-state index contributed by atoms with van der Waals surface area (Å²) in [6, 6.07) is 8.57. The number of ether oxygens (including phenoxy) is 1. The fraction of sp³-hybridized carbons (Fsp3) is 0.393. The molecule has 2 N–H and O–H groups in total. The van der Waals surface area contributed by atoms with Gasteiger partial charge in [-0.15, -0.1) is 5.10 Å². The largest absolute Gasteiger partial charge is 0.480 e. The Morgan fingerprint density at radius 3 is 2.69 bits per heavy atom. The number of nitrogens with one attached hydrogen (secondary N) is 2. The molecule has 0 amide bonds. The van der Waals surface area contributed by atoms with E-state index in [-0.39, 0.29) is 11.5 Å². The van der Waals surface area contributed by atoms with E-state index in [4.69, 9.17) is 16.3 Å². The maximum atomic E-state index is 14.0. The van der Waals surface area contributed by atoms with Crippen LogP contribution in [0.15, 0.2) is 30.5 Å². The number of aryl methyl sites for hydroxylation is 1. The van der Waals surface area contributed by atoms with Gasteiger partial charge in [0.25, 0.3) is 0 Å². The molecule has 1 aliphatic carbocycles. The lowest BCUT2D eigenvalue weighted by Gasteiger charge is -2.23. The van der Waals surface area contributed by atoms with Gasteiger partial charge in [0.1, 0.15) is 12.1 Å². The standard InChI is InChI=1S/C28H30ClFN8O/c1-15-19(8-9-22(30)34-15)25(26-27(39-5)38(37-36-26)18-6-7-18)35-17-10-20-23(33-14-28(2,3)4)16(12-31)13-32-24(20)21(29)11-17/h8-11,13,18,25,35H,6-7,14H2,1-5H3,(H,32,33). The van der Waals surface area contributed by atoms with Gasteiger partial charge < -0.3 is 15.4 Å². The summed E-state index contributed by atoms with van der Waals surface area (Å²) < 4.78 is 21.5. The Balaban J connectivity index is 1.64. The second-order valence-electron chi connectivity index (χ2n) is 11.0. The zero-order chi connectivity index (χ0) is 27.9. The summed E-state index contributed by atoms with van der Waals surface area (Å²) >= 11 is 6.73. The molecule has 1 fully saturated rings. The van der Waals surface area contributed by atoms with Crippen molar-refractivity contribution in [3.63, 3.8) is 0 Å². The maximum Gasteiger partial charge on any atom is 0.238 e. The number of pyridine rings is 2. The minimum absolute atomic E-state index is 0.0237. The van der Waals surface area contributed by atoms with E-state index in [0.29, 0.717) is 62.2 Å². The van der Waals surface area contributed by atoms with Crippen molar-refractivity contribution in [2.45, 2.75) is 52.6 Å². The first-order valence-corrected chi connectivity index (χ1v) is 13.1. The van der Waals surface area contributed by atoms with Crippen LogP contribution < -0.4 is 15.4 Å². The molecule has 0 radical (unpaired) electrons. The van der Waals surface area contributed by atoms with Crippen molar-refractivity contribution in [2.75, 3.05) is 24.3 Å². The molecule has 0 saturated heterocycles. The summed E-state index contributed by atoms with van der Waals surface area (Å²) in [5.41, 5.74) is 4.05. The highest BCUT2D eigenvalue weighted by Gasteiger charge is 2.33. The van der Waals surface area contributed by atoms with Gasteiger partial charge in [-0.3, -0.25) is 4.98 Å². The fourth-order valence-electron chi connectivity index (χ4n) is 4.51. The van der Waals surface area contributed by atoms with E-state index in [9.17, 15) is 9.65 Å². The van der Waals surface area contributed by atoms with Crippen LogP contribution in [0, 0.1) is 29.6 Å². The van der Waals surface area contributed by atoms with Crippen LogP contribution in [-0.4, -0.2) is 38.6 Å². The zero-order valence-electron chi connectivity index (χ0n) is 22.5. The van der Waals surface area contributed by atoms with Crippen molar-refractivity contribution in [1.82, 2.24) is 25.0 Å². The number of hydrogen-bond acceptors (Lipinski definition) is 8. The monoisotopic (exact) mass is 548 g/mol. The molecular weight excluding hydrogens is 519 g/mol. The third kappa shape index (κ3) is 5.45. The molecule has 3 heterocycles. The van der Waals surface area contributed by atoms with Gasteiger partial charge in [0.05, 0.1) is 34.9 Å². The number of fused-ring (bicyclic) bond motifs is 1. The maximum absolute atomic E-state index is 14.0. The number of hydrogen-bond donors (Lipinski definition) is 2. The van der Waals surface area contributed by atoms with Crippen LogP contribution in [0.5, 0.6) is 5.88 Å². The lowest BCUT2D eigenvalue weighted by Crippen LogP contribution is -2.20. The lowest BCUT2D eigenvalue weighted by molar-refractivity contribution is 0.356.